The normalized spacial score (nSPS) is 19.6. The van der Waals surface area contributed by atoms with Crippen molar-refractivity contribution in [2.24, 2.45) is 4.40 Å². The number of hydrogen-bond acceptors (Lipinski definition) is 6. The van der Waals surface area contributed by atoms with Gasteiger partial charge in [-0.05, 0) is 19.1 Å². The molecule has 3 rings (SSSR count). The highest BCUT2D eigenvalue weighted by molar-refractivity contribution is 7.90. The first-order chi connectivity index (χ1) is 9.94. The number of fused-ring (bicyclic) bond motifs is 1. The second kappa shape index (κ2) is 4.85. The van der Waals surface area contributed by atoms with Crippen molar-refractivity contribution < 1.29 is 17.7 Å². The van der Waals surface area contributed by atoms with Crippen molar-refractivity contribution in [3.8, 4) is 0 Å². The van der Waals surface area contributed by atoms with Crippen LogP contribution in [0, 0.1) is 6.92 Å². The van der Waals surface area contributed by atoms with Crippen LogP contribution in [0.1, 0.15) is 5.76 Å². The molecule has 0 atom stereocenters. The van der Waals surface area contributed by atoms with E-state index in [0.717, 1.165) is 0 Å². The van der Waals surface area contributed by atoms with Gasteiger partial charge in [-0.25, -0.2) is 8.42 Å². The molecule has 0 fully saturated rings. The van der Waals surface area contributed by atoms with E-state index in [1.807, 2.05) is 0 Å². The highest BCUT2D eigenvalue weighted by Crippen LogP contribution is 2.19. The smallest absolute Gasteiger partial charge is 0.260 e. The largest absolute Gasteiger partial charge is 0.360 e. The fraction of sp³-hybridized carbons (Fsp3) is 0.250. The fourth-order valence-electron chi connectivity index (χ4n) is 2.00. The lowest BCUT2D eigenvalue weighted by Crippen LogP contribution is -2.40. The van der Waals surface area contributed by atoms with E-state index < -0.39 is 15.9 Å². The van der Waals surface area contributed by atoms with Crippen LogP contribution in [-0.4, -0.2) is 42.5 Å². The van der Waals surface area contributed by atoms with Crippen LogP contribution in [0.4, 0.5) is 5.82 Å². The molecule has 1 N–H and O–H groups in total. The van der Waals surface area contributed by atoms with Gasteiger partial charge in [0.15, 0.2) is 11.7 Å². The van der Waals surface area contributed by atoms with Crippen molar-refractivity contribution in [3.63, 3.8) is 0 Å². The van der Waals surface area contributed by atoms with Gasteiger partial charge in [0.25, 0.3) is 15.9 Å². The first-order valence-corrected chi connectivity index (χ1v) is 7.78. The molecule has 3 heterocycles. The molecule has 0 aromatic carbocycles. The predicted octanol–water partition coefficient (Wildman–Crippen LogP) is 0.419. The van der Waals surface area contributed by atoms with E-state index in [1.165, 1.54) is 6.08 Å². The molecule has 0 saturated carbocycles. The topological polar surface area (TPSA) is 105 Å². The van der Waals surface area contributed by atoms with Crippen LogP contribution in [0.25, 0.3) is 0 Å². The van der Waals surface area contributed by atoms with Gasteiger partial charge >= 0.3 is 0 Å². The lowest BCUT2D eigenvalue weighted by molar-refractivity contribution is -0.112. The van der Waals surface area contributed by atoms with Crippen molar-refractivity contribution in [1.82, 2.24) is 10.1 Å². The number of anilines is 1. The van der Waals surface area contributed by atoms with Gasteiger partial charge in [0, 0.05) is 18.8 Å². The van der Waals surface area contributed by atoms with Gasteiger partial charge in [0.2, 0.25) is 0 Å². The van der Waals surface area contributed by atoms with E-state index in [1.54, 1.807) is 30.2 Å². The maximum absolute atomic E-state index is 12.2. The molecule has 0 radical (unpaired) electrons. The standard InChI is InChI=1S/C12H12N4O4S/c1-8-7-10(14-20-8)13-12(17)9-3-2-4-16-5-6-21(18,19)15-11(9)16/h2-4,7H,5-6H2,1H3,(H,13,14,17). The van der Waals surface area contributed by atoms with Crippen molar-refractivity contribution in [2.75, 3.05) is 17.6 Å². The van der Waals surface area contributed by atoms with Gasteiger partial charge in [-0.1, -0.05) is 5.16 Å². The van der Waals surface area contributed by atoms with Crippen LogP contribution >= 0.6 is 0 Å². The Balaban J connectivity index is 1.90. The first kappa shape index (κ1) is 13.6. The average Bonchev–Trinajstić information content (AvgIpc) is 2.82. The molecule has 0 unspecified atom stereocenters. The van der Waals surface area contributed by atoms with Crippen LogP contribution in [0.3, 0.4) is 0 Å². The monoisotopic (exact) mass is 308 g/mol. The van der Waals surface area contributed by atoms with Gasteiger partial charge < -0.3 is 14.7 Å². The summed E-state index contributed by atoms with van der Waals surface area (Å²) in [7, 11) is -3.53. The molecule has 1 aromatic heterocycles. The van der Waals surface area contributed by atoms with Crippen LogP contribution < -0.4 is 5.32 Å². The summed E-state index contributed by atoms with van der Waals surface area (Å²) >= 11 is 0. The van der Waals surface area contributed by atoms with E-state index in [9.17, 15) is 13.2 Å². The average molecular weight is 308 g/mol. The molecule has 1 amide bonds. The third-order valence-electron chi connectivity index (χ3n) is 2.97. The molecular formula is C12H12N4O4S. The number of amides is 1. The molecule has 0 bridgehead atoms. The summed E-state index contributed by atoms with van der Waals surface area (Å²) in [6.07, 6.45) is 4.86. The Labute approximate surface area is 120 Å². The third kappa shape index (κ3) is 2.72. The summed E-state index contributed by atoms with van der Waals surface area (Å²) in [4.78, 5) is 13.9. The highest BCUT2D eigenvalue weighted by Gasteiger charge is 2.30. The number of rotatable bonds is 2. The predicted molar refractivity (Wildman–Crippen MR) is 75.0 cm³/mol. The SMILES string of the molecule is Cc1cc(NC(=O)C2=CC=CN3CCS(=O)(=O)N=C23)no1. The van der Waals surface area contributed by atoms with Crippen molar-refractivity contribution >= 4 is 27.6 Å². The molecule has 0 aliphatic carbocycles. The highest BCUT2D eigenvalue weighted by atomic mass is 32.2. The zero-order chi connectivity index (χ0) is 15.0. The van der Waals surface area contributed by atoms with Crippen LogP contribution in [0.5, 0.6) is 0 Å². The zero-order valence-corrected chi connectivity index (χ0v) is 11.9. The second-order valence-corrected chi connectivity index (χ2v) is 6.35. The lowest BCUT2D eigenvalue weighted by atomic mass is 10.1. The van der Waals surface area contributed by atoms with Crippen molar-refractivity contribution in [2.45, 2.75) is 6.92 Å². The van der Waals surface area contributed by atoms with Crippen molar-refractivity contribution in [3.05, 3.63) is 35.8 Å². The summed E-state index contributed by atoms with van der Waals surface area (Å²) in [5, 5.41) is 6.20. The van der Waals surface area contributed by atoms with Gasteiger partial charge in [-0.3, -0.25) is 4.79 Å². The molecule has 9 heteroatoms. The number of aryl methyl sites for hydroxylation is 1. The van der Waals surface area contributed by atoms with Crippen molar-refractivity contribution in [1.29, 1.82) is 0 Å². The molecule has 0 saturated heterocycles. The molecule has 21 heavy (non-hydrogen) atoms. The molecule has 0 spiro atoms. The van der Waals surface area contributed by atoms with Gasteiger partial charge in [0.05, 0.1) is 11.3 Å². The third-order valence-corrected chi connectivity index (χ3v) is 4.12. The number of hydrogen-bond donors (Lipinski definition) is 1. The van der Waals surface area contributed by atoms with Crippen LogP contribution in [0.2, 0.25) is 0 Å². The van der Waals surface area contributed by atoms with Gasteiger partial charge in [-0.2, -0.15) is 0 Å². The molecular weight excluding hydrogens is 296 g/mol. The number of amidine groups is 1. The van der Waals surface area contributed by atoms with E-state index in [2.05, 4.69) is 14.9 Å². The molecule has 110 valence electrons. The number of carbonyl (C=O) groups excluding carboxylic acids is 1. The lowest BCUT2D eigenvalue weighted by Gasteiger charge is -2.28. The first-order valence-electron chi connectivity index (χ1n) is 6.17. The minimum absolute atomic E-state index is 0.0712. The number of sulfonamides is 1. The Hall–Kier alpha value is -2.42. The summed E-state index contributed by atoms with van der Waals surface area (Å²) in [6.45, 7) is 1.97. The Morgan fingerprint density at radius 1 is 1.48 bits per heavy atom. The maximum atomic E-state index is 12.2. The Kier molecular flexibility index (Phi) is 3.13. The second-order valence-electron chi connectivity index (χ2n) is 4.59. The minimum atomic E-state index is -3.53. The summed E-state index contributed by atoms with van der Waals surface area (Å²) in [6, 6.07) is 1.56. The van der Waals surface area contributed by atoms with Gasteiger partial charge in [0.1, 0.15) is 5.76 Å². The molecule has 2 aliphatic rings. The fourth-order valence-corrected chi connectivity index (χ4v) is 2.99. The minimum Gasteiger partial charge on any atom is -0.360 e. The van der Waals surface area contributed by atoms with E-state index in [-0.39, 0.29) is 29.5 Å². The zero-order valence-electron chi connectivity index (χ0n) is 11.1. The number of aromatic nitrogens is 1. The molecule has 1 aromatic rings. The number of allylic oxidation sites excluding steroid dienone is 2. The Morgan fingerprint density at radius 3 is 3.00 bits per heavy atom. The van der Waals surface area contributed by atoms with E-state index >= 15 is 0 Å². The Morgan fingerprint density at radius 2 is 2.29 bits per heavy atom. The van der Waals surface area contributed by atoms with Gasteiger partial charge in [-0.15, -0.1) is 4.40 Å². The van der Waals surface area contributed by atoms with Crippen LogP contribution in [-0.2, 0) is 14.8 Å². The summed E-state index contributed by atoms with van der Waals surface area (Å²) < 4.78 is 31.8. The van der Waals surface area contributed by atoms with E-state index in [4.69, 9.17) is 4.52 Å². The maximum Gasteiger partial charge on any atom is 0.260 e. The van der Waals surface area contributed by atoms with E-state index in [0.29, 0.717) is 5.76 Å². The molecule has 8 nitrogen and oxygen atoms in total. The number of nitrogens with zero attached hydrogens (tertiary/aromatic N) is 3. The number of carbonyl (C=O) groups is 1. The molecule has 2 aliphatic heterocycles. The number of nitrogens with one attached hydrogen (secondary N) is 1. The Bertz CT molecular complexity index is 788. The van der Waals surface area contributed by atoms with Crippen LogP contribution in [0.15, 0.2) is 38.9 Å². The summed E-state index contributed by atoms with van der Waals surface area (Å²) in [5.74, 6) is 0.383. The quantitative estimate of drug-likeness (QED) is 0.849. The summed E-state index contributed by atoms with van der Waals surface area (Å²) in [5.41, 5.74) is 0.168.